The first-order chi connectivity index (χ1) is 10.1. The third-order valence-corrected chi connectivity index (χ3v) is 4.02. The van der Waals surface area contributed by atoms with E-state index in [4.69, 9.17) is 0 Å². The molecule has 0 aromatic heterocycles. The number of carboxylic acid groups (broad SMARTS) is 1. The normalized spacial score (nSPS) is 10.9. The molecule has 118 valence electrons. The van der Waals surface area contributed by atoms with Gasteiger partial charge in [0.05, 0.1) is 11.3 Å². The average molecular weight is 292 g/mol. The minimum atomic E-state index is -0.846. The van der Waals surface area contributed by atoms with E-state index < -0.39 is 5.97 Å². The quantitative estimate of drug-likeness (QED) is 0.759. The molecule has 0 bridgehead atoms. The third kappa shape index (κ3) is 4.46. The van der Waals surface area contributed by atoms with Gasteiger partial charge in [0.15, 0.2) is 0 Å². The van der Waals surface area contributed by atoms with E-state index >= 15 is 0 Å². The molecule has 1 rings (SSSR count). The molecule has 1 N–H and O–H groups in total. The number of hydrogen-bond donors (Lipinski definition) is 1. The van der Waals surface area contributed by atoms with Gasteiger partial charge in [-0.25, -0.2) is 4.79 Å². The topological polar surface area (TPSA) is 43.8 Å². The Kier molecular flexibility index (Phi) is 7.23. The highest BCUT2D eigenvalue weighted by molar-refractivity contribution is 5.95. The van der Waals surface area contributed by atoms with Crippen molar-refractivity contribution in [1.29, 1.82) is 0 Å². The number of anilines is 1. The summed E-state index contributed by atoms with van der Waals surface area (Å²) in [4.78, 5) is 16.0. The first-order valence-corrected chi connectivity index (χ1v) is 7.91. The smallest absolute Gasteiger partial charge is 0.337 e. The summed E-state index contributed by atoms with van der Waals surface area (Å²) >= 11 is 0. The molecule has 0 aliphatic carbocycles. The molecule has 21 heavy (non-hydrogen) atoms. The van der Waals surface area contributed by atoms with Crippen molar-refractivity contribution in [2.45, 2.75) is 34.1 Å². The fraction of sp³-hybridized carbons (Fsp3) is 0.588. The van der Waals surface area contributed by atoms with Crippen LogP contribution >= 0.6 is 0 Å². The third-order valence-electron chi connectivity index (χ3n) is 4.02. The van der Waals surface area contributed by atoms with Gasteiger partial charge < -0.3 is 14.9 Å². The summed E-state index contributed by atoms with van der Waals surface area (Å²) in [5.74, 6) is -0.846. The average Bonchev–Trinajstić information content (AvgIpc) is 2.50. The lowest BCUT2D eigenvalue weighted by atomic mass is 10.0. The Balaban J connectivity index is 3.12. The van der Waals surface area contributed by atoms with E-state index in [2.05, 4.69) is 43.6 Å². The molecule has 1 aromatic carbocycles. The molecule has 0 unspecified atom stereocenters. The molecule has 0 spiro atoms. The molecule has 1 aromatic rings. The SMILES string of the molecule is CCN(CC)CCc1cccc(C(=O)O)c1N(CC)CC. The molecule has 0 fully saturated rings. The van der Waals surface area contributed by atoms with Gasteiger partial charge in [0, 0.05) is 19.6 Å². The first-order valence-electron chi connectivity index (χ1n) is 7.91. The molecule has 0 aliphatic rings. The summed E-state index contributed by atoms with van der Waals surface area (Å²) in [5.41, 5.74) is 2.43. The van der Waals surface area contributed by atoms with E-state index in [0.717, 1.165) is 50.4 Å². The predicted molar refractivity (Wildman–Crippen MR) is 88.5 cm³/mol. The van der Waals surface area contributed by atoms with Crippen LogP contribution in [0.5, 0.6) is 0 Å². The van der Waals surface area contributed by atoms with Gasteiger partial charge in [0.25, 0.3) is 0 Å². The minimum absolute atomic E-state index is 0.413. The first kappa shape index (κ1) is 17.5. The van der Waals surface area contributed by atoms with Crippen LogP contribution in [0.3, 0.4) is 0 Å². The predicted octanol–water partition coefficient (Wildman–Crippen LogP) is 3.12. The Morgan fingerprint density at radius 2 is 1.67 bits per heavy atom. The monoisotopic (exact) mass is 292 g/mol. The van der Waals surface area contributed by atoms with Crippen LogP contribution in [0, 0.1) is 0 Å². The number of likely N-dealkylation sites (N-methyl/N-ethyl adjacent to an activating group) is 1. The number of benzene rings is 1. The van der Waals surface area contributed by atoms with Crippen molar-refractivity contribution in [2.24, 2.45) is 0 Å². The molecule has 0 amide bonds. The second kappa shape index (κ2) is 8.67. The van der Waals surface area contributed by atoms with E-state index in [1.54, 1.807) is 6.07 Å². The molecule has 0 radical (unpaired) electrons. The van der Waals surface area contributed by atoms with Crippen LogP contribution in [-0.2, 0) is 6.42 Å². The number of rotatable bonds is 9. The number of carbonyl (C=O) groups is 1. The Hall–Kier alpha value is -1.55. The van der Waals surface area contributed by atoms with Crippen molar-refractivity contribution in [3.8, 4) is 0 Å². The highest BCUT2D eigenvalue weighted by Gasteiger charge is 2.18. The molecule has 0 atom stereocenters. The lowest BCUT2D eigenvalue weighted by Gasteiger charge is -2.27. The van der Waals surface area contributed by atoms with Gasteiger partial charge in [-0.1, -0.05) is 26.0 Å². The largest absolute Gasteiger partial charge is 0.478 e. The summed E-state index contributed by atoms with van der Waals surface area (Å²) in [6.07, 6.45) is 0.884. The van der Waals surface area contributed by atoms with Crippen LogP contribution in [0.25, 0.3) is 0 Å². The Morgan fingerprint density at radius 3 is 2.14 bits per heavy atom. The second-order valence-corrected chi connectivity index (χ2v) is 5.07. The van der Waals surface area contributed by atoms with Crippen molar-refractivity contribution in [3.63, 3.8) is 0 Å². The van der Waals surface area contributed by atoms with Crippen LogP contribution in [0.1, 0.15) is 43.6 Å². The lowest BCUT2D eigenvalue weighted by Crippen LogP contribution is -2.28. The molecule has 0 heterocycles. The molecule has 0 saturated carbocycles. The van der Waals surface area contributed by atoms with Crippen molar-refractivity contribution in [2.75, 3.05) is 37.6 Å². The van der Waals surface area contributed by atoms with Crippen molar-refractivity contribution < 1.29 is 9.90 Å². The van der Waals surface area contributed by atoms with Gasteiger partial charge in [-0.3, -0.25) is 0 Å². The van der Waals surface area contributed by atoms with E-state index in [1.165, 1.54) is 0 Å². The van der Waals surface area contributed by atoms with E-state index in [0.29, 0.717) is 5.56 Å². The molecule has 4 heteroatoms. The van der Waals surface area contributed by atoms with Gasteiger partial charge >= 0.3 is 5.97 Å². The van der Waals surface area contributed by atoms with Crippen molar-refractivity contribution >= 4 is 11.7 Å². The summed E-state index contributed by atoms with van der Waals surface area (Å²) < 4.78 is 0. The summed E-state index contributed by atoms with van der Waals surface area (Å²) in [6.45, 7) is 13.1. The number of hydrogen-bond acceptors (Lipinski definition) is 3. The van der Waals surface area contributed by atoms with E-state index in [1.807, 2.05) is 6.07 Å². The maximum Gasteiger partial charge on any atom is 0.337 e. The fourth-order valence-corrected chi connectivity index (χ4v) is 2.70. The van der Waals surface area contributed by atoms with Crippen molar-refractivity contribution in [1.82, 2.24) is 4.90 Å². The van der Waals surface area contributed by atoms with Crippen LogP contribution in [-0.4, -0.2) is 48.7 Å². The number of aromatic carboxylic acids is 1. The minimum Gasteiger partial charge on any atom is -0.478 e. The van der Waals surface area contributed by atoms with Crippen LogP contribution in [0.2, 0.25) is 0 Å². The fourth-order valence-electron chi connectivity index (χ4n) is 2.70. The van der Waals surface area contributed by atoms with Gasteiger partial charge in [-0.15, -0.1) is 0 Å². The summed E-state index contributed by atoms with van der Waals surface area (Å²) in [7, 11) is 0. The Morgan fingerprint density at radius 1 is 1.05 bits per heavy atom. The summed E-state index contributed by atoms with van der Waals surface area (Å²) in [6, 6.07) is 5.62. The number of nitrogens with zero attached hydrogens (tertiary/aromatic N) is 2. The van der Waals surface area contributed by atoms with Crippen LogP contribution in [0.4, 0.5) is 5.69 Å². The van der Waals surface area contributed by atoms with Gasteiger partial charge in [0.2, 0.25) is 0 Å². The zero-order valence-corrected chi connectivity index (χ0v) is 13.7. The molecule has 0 saturated heterocycles. The highest BCUT2D eigenvalue weighted by atomic mass is 16.4. The van der Waals surface area contributed by atoms with Crippen LogP contribution in [0.15, 0.2) is 18.2 Å². The standard InChI is InChI=1S/C17H28N2O2/c1-5-18(6-2)13-12-14-10-9-11-15(17(20)21)16(14)19(7-3)8-4/h9-11H,5-8,12-13H2,1-4H3,(H,20,21). The number of carboxylic acids is 1. The molecule has 0 aliphatic heterocycles. The van der Waals surface area contributed by atoms with Gasteiger partial charge in [-0.05, 0) is 45.0 Å². The maximum atomic E-state index is 11.5. The van der Waals surface area contributed by atoms with E-state index in [9.17, 15) is 9.90 Å². The Bertz CT molecular complexity index is 452. The highest BCUT2D eigenvalue weighted by Crippen LogP contribution is 2.26. The zero-order valence-electron chi connectivity index (χ0n) is 13.7. The zero-order chi connectivity index (χ0) is 15.8. The van der Waals surface area contributed by atoms with Crippen LogP contribution < -0.4 is 4.90 Å². The molecular weight excluding hydrogens is 264 g/mol. The van der Waals surface area contributed by atoms with E-state index in [-0.39, 0.29) is 0 Å². The molecule has 4 nitrogen and oxygen atoms in total. The maximum absolute atomic E-state index is 11.5. The number of para-hydroxylation sites is 1. The van der Waals surface area contributed by atoms with Gasteiger partial charge in [-0.2, -0.15) is 0 Å². The van der Waals surface area contributed by atoms with Crippen molar-refractivity contribution in [3.05, 3.63) is 29.3 Å². The lowest BCUT2D eigenvalue weighted by molar-refractivity contribution is 0.0697. The Labute approximate surface area is 128 Å². The second-order valence-electron chi connectivity index (χ2n) is 5.07. The molecular formula is C17H28N2O2. The summed E-state index contributed by atoms with van der Waals surface area (Å²) in [5, 5.41) is 9.46. The van der Waals surface area contributed by atoms with Gasteiger partial charge in [0.1, 0.15) is 0 Å².